The maximum atomic E-state index is 4.67. The highest BCUT2D eigenvalue weighted by Crippen LogP contribution is 2.22. The largest absolute Gasteiger partial charge is 0.365 e. The highest BCUT2D eigenvalue weighted by Gasteiger charge is 2.13. The maximum Gasteiger partial charge on any atom is 0.163 e. The fourth-order valence-corrected chi connectivity index (χ4v) is 2.39. The lowest BCUT2D eigenvalue weighted by atomic mass is 10.1. The number of anilines is 2. The third kappa shape index (κ3) is 5.01. The van der Waals surface area contributed by atoms with Gasteiger partial charge in [-0.25, -0.2) is 9.97 Å². The van der Waals surface area contributed by atoms with Crippen molar-refractivity contribution in [3.63, 3.8) is 0 Å². The van der Waals surface area contributed by atoms with Crippen molar-refractivity contribution in [3.8, 4) is 11.4 Å². The Morgan fingerprint density at radius 2 is 1.60 bits per heavy atom. The number of hydrogen-bond acceptors (Lipinski definition) is 5. The minimum absolute atomic E-state index is 0.0828. The van der Waals surface area contributed by atoms with Gasteiger partial charge in [-0.1, -0.05) is 36.4 Å². The van der Waals surface area contributed by atoms with Crippen molar-refractivity contribution in [2.75, 3.05) is 10.6 Å². The molecule has 0 radical (unpaired) electrons. The molecular formula is C20H23N5. The zero-order valence-electron chi connectivity index (χ0n) is 14.8. The molecule has 0 saturated carbocycles. The first-order chi connectivity index (χ1) is 12.0. The Morgan fingerprint density at radius 3 is 2.28 bits per heavy atom. The van der Waals surface area contributed by atoms with Crippen LogP contribution in [0.3, 0.4) is 0 Å². The molecule has 0 saturated heterocycles. The molecular weight excluding hydrogens is 310 g/mol. The molecule has 0 aliphatic heterocycles. The van der Waals surface area contributed by atoms with Crippen molar-refractivity contribution in [1.29, 1.82) is 0 Å². The lowest BCUT2D eigenvalue weighted by Crippen LogP contribution is -2.27. The molecule has 3 aromatic rings. The van der Waals surface area contributed by atoms with Crippen LogP contribution in [0.4, 0.5) is 11.6 Å². The first-order valence-electron chi connectivity index (χ1n) is 8.36. The summed E-state index contributed by atoms with van der Waals surface area (Å²) in [4.78, 5) is 13.7. The van der Waals surface area contributed by atoms with E-state index in [9.17, 15) is 0 Å². The fourth-order valence-electron chi connectivity index (χ4n) is 2.39. The number of benzene rings is 1. The average molecular weight is 333 g/mol. The molecule has 0 atom stereocenters. The van der Waals surface area contributed by atoms with Gasteiger partial charge in [-0.3, -0.25) is 4.98 Å². The number of pyridine rings is 1. The van der Waals surface area contributed by atoms with E-state index in [2.05, 4.69) is 46.4 Å². The molecule has 3 rings (SSSR count). The molecule has 0 unspecified atom stereocenters. The smallest absolute Gasteiger partial charge is 0.163 e. The number of rotatable bonds is 5. The van der Waals surface area contributed by atoms with Crippen LogP contribution in [0, 0.1) is 0 Å². The second-order valence-corrected chi connectivity index (χ2v) is 6.88. The number of hydrogen-bond donors (Lipinski definition) is 2. The molecule has 25 heavy (non-hydrogen) atoms. The molecule has 2 N–H and O–H groups in total. The van der Waals surface area contributed by atoms with Gasteiger partial charge in [-0.15, -0.1) is 0 Å². The van der Waals surface area contributed by atoms with Crippen molar-refractivity contribution in [2.24, 2.45) is 0 Å². The predicted octanol–water partition coefficient (Wildman–Crippen LogP) is 4.36. The van der Waals surface area contributed by atoms with Crippen molar-refractivity contribution < 1.29 is 0 Å². The summed E-state index contributed by atoms with van der Waals surface area (Å²) in [5, 5.41) is 6.77. The number of nitrogens with one attached hydrogen (secondary N) is 2. The van der Waals surface area contributed by atoms with Gasteiger partial charge in [0, 0.05) is 23.4 Å². The second-order valence-electron chi connectivity index (χ2n) is 6.88. The van der Waals surface area contributed by atoms with Crippen molar-refractivity contribution >= 4 is 11.6 Å². The Morgan fingerprint density at radius 1 is 0.880 bits per heavy atom. The van der Waals surface area contributed by atoms with Gasteiger partial charge in [-0.2, -0.15) is 0 Å². The molecule has 0 aliphatic carbocycles. The third-order valence-electron chi connectivity index (χ3n) is 3.44. The molecule has 0 bridgehead atoms. The van der Waals surface area contributed by atoms with E-state index in [-0.39, 0.29) is 5.54 Å². The highest BCUT2D eigenvalue weighted by molar-refractivity contribution is 5.61. The van der Waals surface area contributed by atoms with Gasteiger partial charge in [0.05, 0.1) is 12.2 Å². The Hall–Kier alpha value is -2.95. The van der Waals surface area contributed by atoms with Gasteiger partial charge in [0.2, 0.25) is 0 Å². The van der Waals surface area contributed by atoms with Gasteiger partial charge in [-0.05, 0) is 32.9 Å². The summed E-state index contributed by atoms with van der Waals surface area (Å²) >= 11 is 0. The second kappa shape index (κ2) is 7.30. The molecule has 1 aromatic carbocycles. The summed E-state index contributed by atoms with van der Waals surface area (Å²) < 4.78 is 0. The topological polar surface area (TPSA) is 62.7 Å². The van der Waals surface area contributed by atoms with E-state index in [4.69, 9.17) is 0 Å². The van der Waals surface area contributed by atoms with Crippen molar-refractivity contribution in [2.45, 2.75) is 32.9 Å². The summed E-state index contributed by atoms with van der Waals surface area (Å²) in [5.41, 5.74) is 1.87. The van der Waals surface area contributed by atoms with E-state index < -0.39 is 0 Å². The van der Waals surface area contributed by atoms with Crippen LogP contribution in [0.5, 0.6) is 0 Å². The van der Waals surface area contributed by atoms with E-state index >= 15 is 0 Å². The summed E-state index contributed by atoms with van der Waals surface area (Å²) in [6, 6.07) is 17.8. The molecule has 5 nitrogen and oxygen atoms in total. The van der Waals surface area contributed by atoms with Crippen LogP contribution in [0.25, 0.3) is 11.4 Å². The van der Waals surface area contributed by atoms with E-state index in [1.807, 2.05) is 54.6 Å². The van der Waals surface area contributed by atoms with E-state index in [0.717, 1.165) is 22.9 Å². The Bertz CT molecular complexity index is 810. The molecule has 0 aliphatic rings. The monoisotopic (exact) mass is 333 g/mol. The Balaban J connectivity index is 1.89. The average Bonchev–Trinajstić information content (AvgIpc) is 2.60. The molecule has 5 heteroatoms. The van der Waals surface area contributed by atoms with Gasteiger partial charge in [0.1, 0.15) is 11.6 Å². The number of nitrogens with zero attached hydrogens (tertiary/aromatic N) is 3. The van der Waals surface area contributed by atoms with Crippen molar-refractivity contribution in [1.82, 2.24) is 15.0 Å². The molecule has 2 heterocycles. The lowest BCUT2D eigenvalue weighted by Gasteiger charge is -2.22. The zero-order valence-corrected chi connectivity index (χ0v) is 14.8. The summed E-state index contributed by atoms with van der Waals surface area (Å²) in [5.74, 6) is 2.26. The predicted molar refractivity (Wildman–Crippen MR) is 102 cm³/mol. The van der Waals surface area contributed by atoms with Crippen molar-refractivity contribution in [3.05, 3.63) is 66.5 Å². The first-order valence-corrected chi connectivity index (χ1v) is 8.36. The molecule has 0 spiro atoms. The van der Waals surface area contributed by atoms with Crippen LogP contribution in [-0.2, 0) is 6.54 Å². The van der Waals surface area contributed by atoms with Crippen LogP contribution in [0.1, 0.15) is 26.5 Å². The summed E-state index contributed by atoms with van der Waals surface area (Å²) in [6.07, 6.45) is 1.79. The van der Waals surface area contributed by atoms with Crippen LogP contribution >= 0.6 is 0 Å². The van der Waals surface area contributed by atoms with Crippen LogP contribution in [0.15, 0.2) is 60.8 Å². The fraction of sp³-hybridized carbons (Fsp3) is 0.250. The van der Waals surface area contributed by atoms with E-state index in [0.29, 0.717) is 12.4 Å². The maximum absolute atomic E-state index is 4.67. The molecule has 128 valence electrons. The SMILES string of the molecule is CC(C)(C)Nc1cc(NCc2ccccn2)nc(-c2ccccc2)n1. The van der Waals surface area contributed by atoms with Gasteiger partial charge in [0.25, 0.3) is 0 Å². The normalized spacial score (nSPS) is 11.2. The minimum Gasteiger partial charge on any atom is -0.365 e. The van der Waals surface area contributed by atoms with E-state index in [1.165, 1.54) is 0 Å². The van der Waals surface area contributed by atoms with Crippen LogP contribution in [0.2, 0.25) is 0 Å². The third-order valence-corrected chi connectivity index (χ3v) is 3.44. The molecule has 0 fully saturated rings. The number of aromatic nitrogens is 3. The molecule has 2 aromatic heterocycles. The Labute approximate surface area is 148 Å². The summed E-state index contributed by atoms with van der Waals surface area (Å²) in [7, 11) is 0. The molecule has 0 amide bonds. The summed E-state index contributed by atoms with van der Waals surface area (Å²) in [6.45, 7) is 6.94. The minimum atomic E-state index is -0.0828. The zero-order chi connectivity index (χ0) is 17.7. The van der Waals surface area contributed by atoms with Gasteiger partial charge in [0.15, 0.2) is 5.82 Å². The van der Waals surface area contributed by atoms with Crippen LogP contribution in [-0.4, -0.2) is 20.5 Å². The van der Waals surface area contributed by atoms with Gasteiger partial charge < -0.3 is 10.6 Å². The highest BCUT2D eigenvalue weighted by atomic mass is 15.1. The van der Waals surface area contributed by atoms with Crippen LogP contribution < -0.4 is 10.6 Å². The van der Waals surface area contributed by atoms with E-state index in [1.54, 1.807) is 6.20 Å². The first kappa shape index (κ1) is 16.9. The Kier molecular flexibility index (Phi) is 4.93. The standard InChI is InChI=1S/C20H23N5/c1-20(2,3)25-18-13-17(22-14-16-11-7-8-12-21-16)23-19(24-18)15-9-5-4-6-10-15/h4-13H,14H2,1-3H3,(H2,22,23,24,25). The lowest BCUT2D eigenvalue weighted by molar-refractivity contribution is 0.630. The quantitative estimate of drug-likeness (QED) is 0.726. The van der Waals surface area contributed by atoms with Gasteiger partial charge >= 0.3 is 0 Å².